The molecule has 0 radical (unpaired) electrons. The normalized spacial score (nSPS) is 10.8. The van der Waals surface area contributed by atoms with Gasteiger partial charge in [0, 0.05) is 5.56 Å². The standard InChI is InChI=1S/C14H12N4O3S/c1-21-9-4-2-8(3-5-9)10(19)6-22-14-17-12-11(13(20)18-14)15-7-16-12/h2-5,7H,6H2,1H3,(H2,15,16,17,18,20). The van der Waals surface area contributed by atoms with E-state index in [4.69, 9.17) is 4.74 Å². The van der Waals surface area contributed by atoms with Crippen LogP contribution in [0.2, 0.25) is 0 Å². The summed E-state index contributed by atoms with van der Waals surface area (Å²) in [6.07, 6.45) is 1.41. The Bertz CT molecular complexity index is 870. The van der Waals surface area contributed by atoms with Crippen LogP contribution in [0.15, 0.2) is 40.5 Å². The summed E-state index contributed by atoms with van der Waals surface area (Å²) in [7, 11) is 1.57. The summed E-state index contributed by atoms with van der Waals surface area (Å²) in [5.41, 5.74) is 0.937. The molecule has 1 aromatic carbocycles. The SMILES string of the molecule is COc1ccc(C(=O)CSc2nc3nc[nH]c3c(=O)[nH]2)cc1. The van der Waals surface area contributed by atoms with Crippen molar-refractivity contribution in [2.75, 3.05) is 12.9 Å². The summed E-state index contributed by atoms with van der Waals surface area (Å²) in [4.78, 5) is 37.3. The van der Waals surface area contributed by atoms with Crippen molar-refractivity contribution in [3.8, 4) is 5.75 Å². The maximum atomic E-state index is 12.1. The minimum absolute atomic E-state index is 0.0579. The number of nitrogens with zero attached hydrogens (tertiary/aromatic N) is 2. The molecule has 112 valence electrons. The topological polar surface area (TPSA) is 101 Å². The number of ether oxygens (including phenoxy) is 1. The van der Waals surface area contributed by atoms with Gasteiger partial charge in [-0.2, -0.15) is 0 Å². The second-order valence-electron chi connectivity index (χ2n) is 4.41. The lowest BCUT2D eigenvalue weighted by Gasteiger charge is -2.03. The Kier molecular flexibility index (Phi) is 3.92. The van der Waals surface area contributed by atoms with E-state index in [1.54, 1.807) is 31.4 Å². The van der Waals surface area contributed by atoms with Gasteiger partial charge in [0.05, 0.1) is 19.2 Å². The molecule has 7 nitrogen and oxygen atoms in total. The molecule has 0 fully saturated rings. The van der Waals surface area contributed by atoms with Crippen LogP contribution in [0.5, 0.6) is 5.75 Å². The van der Waals surface area contributed by atoms with Crippen LogP contribution in [-0.2, 0) is 0 Å². The number of hydrogen-bond donors (Lipinski definition) is 2. The number of H-pyrrole nitrogens is 2. The molecule has 8 heteroatoms. The zero-order valence-corrected chi connectivity index (χ0v) is 12.4. The summed E-state index contributed by atoms with van der Waals surface area (Å²) in [5.74, 6) is 0.808. The number of methoxy groups -OCH3 is 1. The fourth-order valence-electron chi connectivity index (χ4n) is 1.89. The quantitative estimate of drug-likeness (QED) is 0.421. The molecule has 3 aromatic rings. The van der Waals surface area contributed by atoms with Gasteiger partial charge in [-0.05, 0) is 24.3 Å². The molecule has 0 saturated heterocycles. The van der Waals surface area contributed by atoms with Gasteiger partial charge in [0.15, 0.2) is 22.1 Å². The second kappa shape index (κ2) is 6.02. The summed E-state index contributed by atoms with van der Waals surface area (Å²) in [5, 5.41) is 0.367. The van der Waals surface area contributed by atoms with Crippen molar-refractivity contribution in [3.05, 3.63) is 46.5 Å². The zero-order chi connectivity index (χ0) is 15.5. The van der Waals surface area contributed by atoms with Crippen molar-refractivity contribution in [1.82, 2.24) is 19.9 Å². The number of benzene rings is 1. The molecule has 0 atom stereocenters. The summed E-state index contributed by atoms with van der Waals surface area (Å²) in [6.45, 7) is 0. The van der Waals surface area contributed by atoms with Crippen molar-refractivity contribution in [2.24, 2.45) is 0 Å². The van der Waals surface area contributed by atoms with Crippen molar-refractivity contribution in [1.29, 1.82) is 0 Å². The maximum absolute atomic E-state index is 12.1. The largest absolute Gasteiger partial charge is 0.497 e. The Balaban J connectivity index is 1.72. The highest BCUT2D eigenvalue weighted by Crippen LogP contribution is 2.17. The molecule has 22 heavy (non-hydrogen) atoms. The lowest BCUT2D eigenvalue weighted by atomic mass is 10.1. The Morgan fingerprint density at radius 1 is 1.32 bits per heavy atom. The summed E-state index contributed by atoms with van der Waals surface area (Å²) >= 11 is 1.16. The number of rotatable bonds is 5. The third-order valence-electron chi connectivity index (χ3n) is 3.03. The van der Waals surface area contributed by atoms with Gasteiger partial charge in [0.2, 0.25) is 0 Å². The van der Waals surface area contributed by atoms with Gasteiger partial charge < -0.3 is 9.72 Å². The summed E-state index contributed by atoms with van der Waals surface area (Å²) in [6, 6.07) is 6.87. The van der Waals surface area contributed by atoms with Crippen LogP contribution in [-0.4, -0.2) is 38.6 Å². The minimum Gasteiger partial charge on any atom is -0.497 e. The molecule has 2 N–H and O–H groups in total. The van der Waals surface area contributed by atoms with E-state index in [-0.39, 0.29) is 17.1 Å². The fraction of sp³-hybridized carbons (Fsp3) is 0.143. The van der Waals surface area contributed by atoms with Crippen molar-refractivity contribution >= 4 is 28.7 Å². The molecular formula is C14H12N4O3S. The predicted molar refractivity (Wildman–Crippen MR) is 82.6 cm³/mol. The first kappa shape index (κ1) is 14.3. The van der Waals surface area contributed by atoms with Crippen LogP contribution >= 0.6 is 11.8 Å². The molecule has 3 rings (SSSR count). The molecule has 0 unspecified atom stereocenters. The van der Waals surface area contributed by atoms with Gasteiger partial charge in [-0.25, -0.2) is 9.97 Å². The Morgan fingerprint density at radius 2 is 2.09 bits per heavy atom. The van der Waals surface area contributed by atoms with Crippen LogP contribution in [0.3, 0.4) is 0 Å². The Labute approximate surface area is 129 Å². The van der Waals surface area contributed by atoms with Crippen LogP contribution in [0, 0.1) is 0 Å². The number of carbonyl (C=O) groups is 1. The van der Waals surface area contributed by atoms with E-state index in [1.807, 2.05) is 0 Å². The first-order chi connectivity index (χ1) is 10.7. The molecule has 0 aliphatic carbocycles. The number of thioether (sulfide) groups is 1. The average Bonchev–Trinajstić information content (AvgIpc) is 3.02. The maximum Gasteiger partial charge on any atom is 0.277 e. The number of fused-ring (bicyclic) bond motifs is 1. The number of hydrogen-bond acceptors (Lipinski definition) is 6. The van der Waals surface area contributed by atoms with Crippen molar-refractivity contribution < 1.29 is 9.53 Å². The number of imidazole rings is 1. The van der Waals surface area contributed by atoms with E-state index >= 15 is 0 Å². The molecule has 0 amide bonds. The number of ketones is 1. The van der Waals surface area contributed by atoms with E-state index in [0.717, 1.165) is 11.8 Å². The number of aromatic amines is 2. The van der Waals surface area contributed by atoms with E-state index in [1.165, 1.54) is 6.33 Å². The Morgan fingerprint density at radius 3 is 2.82 bits per heavy atom. The van der Waals surface area contributed by atoms with Crippen LogP contribution in [0.1, 0.15) is 10.4 Å². The van der Waals surface area contributed by atoms with Gasteiger partial charge in [0.1, 0.15) is 5.75 Å². The minimum atomic E-state index is -0.304. The van der Waals surface area contributed by atoms with E-state index < -0.39 is 0 Å². The summed E-state index contributed by atoms with van der Waals surface area (Å²) < 4.78 is 5.05. The fourth-order valence-corrected chi connectivity index (χ4v) is 2.64. The predicted octanol–water partition coefficient (Wildman–Crippen LogP) is 1.63. The molecule has 2 aromatic heterocycles. The van der Waals surface area contributed by atoms with Crippen molar-refractivity contribution in [2.45, 2.75) is 5.16 Å². The van der Waals surface area contributed by atoms with Gasteiger partial charge in [0.25, 0.3) is 5.56 Å². The number of nitrogens with one attached hydrogen (secondary N) is 2. The smallest absolute Gasteiger partial charge is 0.277 e. The number of aromatic nitrogens is 4. The molecule has 0 aliphatic heterocycles. The molecule has 0 saturated carbocycles. The number of carbonyl (C=O) groups excluding carboxylic acids is 1. The third kappa shape index (κ3) is 2.86. The van der Waals surface area contributed by atoms with Gasteiger partial charge in [-0.15, -0.1) is 0 Å². The highest BCUT2D eigenvalue weighted by molar-refractivity contribution is 7.99. The molecule has 2 heterocycles. The molecule has 0 spiro atoms. The van der Waals surface area contributed by atoms with Crippen LogP contribution in [0.25, 0.3) is 11.2 Å². The lowest BCUT2D eigenvalue weighted by molar-refractivity contribution is 0.102. The number of Topliss-reactive ketones (excluding diaryl/α,β-unsaturated/α-hetero) is 1. The average molecular weight is 316 g/mol. The highest BCUT2D eigenvalue weighted by Gasteiger charge is 2.10. The Hall–Kier alpha value is -2.61. The van der Waals surface area contributed by atoms with Gasteiger partial charge >= 0.3 is 0 Å². The lowest BCUT2D eigenvalue weighted by Crippen LogP contribution is -2.10. The molecule has 0 bridgehead atoms. The molecule has 0 aliphatic rings. The zero-order valence-electron chi connectivity index (χ0n) is 11.6. The van der Waals surface area contributed by atoms with E-state index in [0.29, 0.717) is 27.6 Å². The van der Waals surface area contributed by atoms with Gasteiger partial charge in [-0.3, -0.25) is 14.6 Å². The van der Waals surface area contributed by atoms with Crippen LogP contribution in [0.4, 0.5) is 0 Å². The first-order valence-electron chi connectivity index (χ1n) is 6.41. The van der Waals surface area contributed by atoms with Gasteiger partial charge in [-0.1, -0.05) is 11.8 Å². The third-order valence-corrected chi connectivity index (χ3v) is 3.90. The van der Waals surface area contributed by atoms with E-state index in [2.05, 4.69) is 19.9 Å². The van der Waals surface area contributed by atoms with Crippen LogP contribution < -0.4 is 10.3 Å². The first-order valence-corrected chi connectivity index (χ1v) is 7.39. The highest BCUT2D eigenvalue weighted by atomic mass is 32.2. The van der Waals surface area contributed by atoms with Crippen molar-refractivity contribution in [3.63, 3.8) is 0 Å². The van der Waals surface area contributed by atoms with E-state index in [9.17, 15) is 9.59 Å². The second-order valence-corrected chi connectivity index (χ2v) is 5.38. The monoisotopic (exact) mass is 316 g/mol. The molecular weight excluding hydrogens is 304 g/mol.